The van der Waals surface area contributed by atoms with Gasteiger partial charge in [0.15, 0.2) is 0 Å². The van der Waals surface area contributed by atoms with Crippen molar-refractivity contribution < 1.29 is 19.1 Å². The summed E-state index contributed by atoms with van der Waals surface area (Å²) in [6.07, 6.45) is 80.5. The van der Waals surface area contributed by atoms with Gasteiger partial charge >= 0.3 is 77.6 Å². The molecule has 1 heterocycles. The Bertz CT molecular complexity index is 1930. The average molecular weight is 1210 g/mol. The molecule has 1 aliphatic heterocycles. The molecule has 0 saturated carbocycles. The van der Waals surface area contributed by atoms with E-state index in [1.165, 1.54) is 340 Å². The van der Waals surface area contributed by atoms with Gasteiger partial charge in [-0.25, -0.2) is 4.70 Å². The quantitative estimate of drug-likeness (QED) is 0.0273. The number of unbranched alkanes of at least 4 members (excludes halogenated alkanes) is 35. The molecule has 0 saturated heterocycles. The number of allylic oxidation sites excluding steroid dienone is 6. The Morgan fingerprint density at radius 3 is 1.12 bits per heavy atom. The second-order valence-corrected chi connectivity index (χ2v) is 27.8. The average Bonchev–Trinajstić information content (AvgIpc) is 3.64. The molecule has 0 spiro atoms. The summed E-state index contributed by atoms with van der Waals surface area (Å²) in [5, 5.41) is 2.81. The number of benzene rings is 2. The van der Waals surface area contributed by atoms with Gasteiger partial charge in [0.05, 0.1) is 0 Å². The van der Waals surface area contributed by atoms with Gasteiger partial charge in [0.25, 0.3) is 0 Å². The minimum atomic E-state index is 0.700. The number of hydrogen-bond donors (Lipinski definition) is 0. The van der Waals surface area contributed by atoms with Crippen molar-refractivity contribution in [3.05, 3.63) is 112 Å². The fourth-order valence-corrected chi connectivity index (χ4v) is 13.9. The van der Waals surface area contributed by atoms with Crippen LogP contribution in [0.1, 0.15) is 385 Å². The third-order valence-electron chi connectivity index (χ3n) is 18.4. The van der Waals surface area contributed by atoms with E-state index in [0.717, 1.165) is 37.1 Å². The molecule has 0 aliphatic carbocycles. The first-order valence-corrected chi connectivity index (χ1v) is 39.2. The van der Waals surface area contributed by atoms with E-state index in [0.29, 0.717) is 11.8 Å². The van der Waals surface area contributed by atoms with Crippen LogP contribution in [0.25, 0.3) is 16.9 Å². The summed E-state index contributed by atoms with van der Waals surface area (Å²) in [5.41, 5.74) is 21.1. The first kappa shape index (κ1) is 78.6. The van der Waals surface area contributed by atoms with Crippen molar-refractivity contribution in [3.8, 4) is 0 Å². The zero-order chi connectivity index (χ0) is 61.1. The van der Waals surface area contributed by atoms with Crippen LogP contribution in [0, 0.1) is 11.8 Å². The second-order valence-electron chi connectivity index (χ2n) is 26.3. The molecule has 2 aromatic carbocycles. The van der Waals surface area contributed by atoms with Gasteiger partial charge in [0, 0.05) is 22.8 Å². The van der Waals surface area contributed by atoms with Crippen LogP contribution in [0.5, 0.6) is 0 Å². The van der Waals surface area contributed by atoms with Gasteiger partial charge in [0.1, 0.15) is 0 Å². The van der Waals surface area contributed by atoms with Crippen LogP contribution in [0.15, 0.2) is 84.5 Å². The standard InChI is InChI=1S/C72H120N2.2C5H11.Ni/c1-6-11-16-21-23-25-27-29-31-33-35-37-39-43-52-64(50-41-18-13-8-3)59-61-66-54-46-48-57-69(66)71-63-68(56-45-20-15-10-5)72(74(71)73)70-58-49-47-55-67(70)62-60-65(51-42-19-14-9-4)53-44-40-38-36-34-32-30-28-26-24-22-17-12-7-2;2*1-3-5-4-2;/h39-40,43-44,46-49,54-55,57-58,63-65H,6-38,41-42,45,50-53,56,59-62H2,1-5H3;2*1,3-5H2,2H3;. The van der Waals surface area contributed by atoms with E-state index in [-0.39, 0.29) is 0 Å². The normalized spacial score (nSPS) is 13.4. The fourth-order valence-electron chi connectivity index (χ4n) is 12.7. The predicted octanol–water partition coefficient (Wildman–Crippen LogP) is 29.1. The molecule has 490 valence electrons. The Kier molecular flexibility index (Phi) is 54.7. The first-order chi connectivity index (χ1) is 42.0. The van der Waals surface area contributed by atoms with Crippen LogP contribution >= 0.6 is 0 Å². The minimum absolute atomic E-state index is 0.700. The van der Waals surface area contributed by atoms with Gasteiger partial charge < -0.3 is 5.53 Å². The van der Waals surface area contributed by atoms with Crippen LogP contribution in [0.2, 0.25) is 10.8 Å². The zero-order valence-electron chi connectivity index (χ0n) is 57.8. The van der Waals surface area contributed by atoms with Crippen molar-refractivity contribution in [2.45, 2.75) is 387 Å². The Hall–Kier alpha value is -2.51. The first-order valence-electron chi connectivity index (χ1n) is 37.8. The van der Waals surface area contributed by atoms with Gasteiger partial charge in [-0.3, -0.25) is 0 Å². The summed E-state index contributed by atoms with van der Waals surface area (Å²) in [4.78, 5) is 0. The topological polar surface area (TPSA) is 25.3 Å². The van der Waals surface area contributed by atoms with Gasteiger partial charge in [-0.2, -0.15) is 0 Å². The van der Waals surface area contributed by atoms with Crippen LogP contribution in [-0.2, 0) is 27.3 Å². The number of aryl methyl sites for hydroxylation is 2. The third kappa shape index (κ3) is 41.4. The van der Waals surface area contributed by atoms with E-state index >= 15 is 0 Å². The monoisotopic (exact) mass is 1210 g/mol. The third-order valence-corrected chi connectivity index (χ3v) is 19.8. The summed E-state index contributed by atoms with van der Waals surface area (Å²) in [6, 6.07) is 18.1. The van der Waals surface area contributed by atoms with E-state index in [9.17, 15) is 5.53 Å². The van der Waals surface area contributed by atoms with Crippen LogP contribution in [0.3, 0.4) is 0 Å². The fraction of sp³-hybridized carbons (Fsp3) is 0.756. The maximum absolute atomic E-state index is 12.5. The molecule has 3 rings (SSSR count). The molecule has 0 amide bonds. The van der Waals surface area contributed by atoms with Crippen molar-refractivity contribution in [2.24, 2.45) is 11.8 Å². The Labute approximate surface area is 538 Å². The number of rotatable bonds is 59. The van der Waals surface area contributed by atoms with Crippen molar-refractivity contribution in [1.82, 2.24) is 0 Å². The van der Waals surface area contributed by atoms with Crippen LogP contribution in [0.4, 0.5) is 0 Å². The van der Waals surface area contributed by atoms with Crippen molar-refractivity contribution in [1.29, 1.82) is 0 Å². The van der Waals surface area contributed by atoms with Crippen LogP contribution < -0.4 is 0 Å². The summed E-state index contributed by atoms with van der Waals surface area (Å²) < 4.78 is 1.62. The van der Waals surface area contributed by atoms with E-state index in [1.54, 1.807) is 4.70 Å². The molecule has 3 heteroatoms. The SMILES string of the molecule is CCCCCCCCCCCCCC=CCC(CCCCCC)CCc1ccccc1C1=CC(CCCCCC)=C(c2ccccc2CCC(CC=CCCCCCCCCCCCCC)CCCCCC)[N+]1=[N-].CCCC[CH2][Ni][CH2]CCCC. The molecule has 0 N–H and O–H groups in total. The number of hydrogen-bond acceptors (Lipinski definition) is 0. The molecule has 2 atom stereocenters. The summed E-state index contributed by atoms with van der Waals surface area (Å²) in [7, 11) is 0. The van der Waals surface area contributed by atoms with Crippen molar-refractivity contribution in [2.75, 3.05) is 0 Å². The Morgan fingerprint density at radius 2 is 0.694 bits per heavy atom. The molecule has 0 aromatic heterocycles. The van der Waals surface area contributed by atoms with Crippen molar-refractivity contribution in [3.63, 3.8) is 0 Å². The molecule has 0 radical (unpaired) electrons. The maximum atomic E-state index is 12.5. The molecule has 1 aliphatic rings. The van der Waals surface area contributed by atoms with E-state index in [1.807, 2.05) is 14.4 Å². The second kappa shape index (κ2) is 59.1. The van der Waals surface area contributed by atoms with Gasteiger partial charge in [-0.1, -0.05) is 307 Å². The molecular weight excluding hydrogens is 1070 g/mol. The van der Waals surface area contributed by atoms with Crippen molar-refractivity contribution >= 4 is 11.4 Å². The summed E-state index contributed by atoms with van der Waals surface area (Å²) in [5.74, 6) is 1.40. The zero-order valence-corrected chi connectivity index (χ0v) is 58.8. The predicted molar refractivity (Wildman–Crippen MR) is 380 cm³/mol. The summed E-state index contributed by atoms with van der Waals surface area (Å²) in [6.45, 7) is 16.1. The molecule has 2 aromatic rings. The van der Waals surface area contributed by atoms with Gasteiger partial charge in [-0.05, 0) is 112 Å². The van der Waals surface area contributed by atoms with Gasteiger partial charge in [-0.15, -0.1) is 0 Å². The van der Waals surface area contributed by atoms with E-state index < -0.39 is 0 Å². The molecule has 0 bridgehead atoms. The molecule has 2 nitrogen and oxygen atoms in total. The Balaban J connectivity index is 0.00000202. The Morgan fingerprint density at radius 1 is 0.353 bits per heavy atom. The molecule has 2 unspecified atom stereocenters. The van der Waals surface area contributed by atoms with Crippen LogP contribution in [-0.4, -0.2) is 4.70 Å². The summed E-state index contributed by atoms with van der Waals surface area (Å²) >= 11 is 1.97. The van der Waals surface area contributed by atoms with E-state index in [2.05, 4.69) is 127 Å². The van der Waals surface area contributed by atoms with Gasteiger partial charge in [0.2, 0.25) is 11.4 Å². The molecular formula is C82H142N2Ni. The molecule has 85 heavy (non-hydrogen) atoms. The van der Waals surface area contributed by atoms with E-state index in [4.69, 9.17) is 0 Å². The number of nitrogens with zero attached hydrogens (tertiary/aromatic N) is 2. The molecule has 0 fully saturated rings.